The molecule has 0 radical (unpaired) electrons. The van der Waals surface area contributed by atoms with E-state index in [0.29, 0.717) is 5.41 Å². The van der Waals surface area contributed by atoms with Crippen LogP contribution in [-0.2, 0) is 28.5 Å². The van der Waals surface area contributed by atoms with Crippen molar-refractivity contribution in [2.24, 2.45) is 0 Å². The number of hydrogen-bond acceptors (Lipinski definition) is 0. The quantitative estimate of drug-likeness (QED) is 0.179. The maximum atomic E-state index is 5.64. The molecule has 0 nitrogen and oxygen atoms in total. The van der Waals surface area contributed by atoms with Gasteiger partial charge in [0.1, 0.15) is 0 Å². The Morgan fingerprint density at radius 3 is 1.82 bits per heavy atom. The molecule has 0 atom stereocenters. The summed E-state index contributed by atoms with van der Waals surface area (Å²) in [7, 11) is 11.3. The Kier molecular flexibility index (Phi) is 10.4. The molecule has 3 rings (SSSR count). The molecule has 0 saturated heterocycles. The third-order valence-corrected chi connectivity index (χ3v) is 31.9. The van der Waals surface area contributed by atoms with Crippen molar-refractivity contribution in [3.63, 3.8) is 0 Å². The van der Waals surface area contributed by atoms with Crippen LogP contribution in [0.15, 0.2) is 60.7 Å². The van der Waals surface area contributed by atoms with E-state index >= 15 is 0 Å². The molecule has 3 aromatic rings. The van der Waals surface area contributed by atoms with Crippen LogP contribution in [0.4, 0.5) is 0 Å². The second-order valence-electron chi connectivity index (χ2n) is 9.27. The van der Waals surface area contributed by atoms with Crippen LogP contribution in [0.25, 0.3) is 10.8 Å². The molecule has 4 heteroatoms. The van der Waals surface area contributed by atoms with Gasteiger partial charge in [-0.05, 0) is 0 Å². The predicted molar refractivity (Wildman–Crippen MR) is 128 cm³/mol. The van der Waals surface area contributed by atoms with E-state index in [4.69, 9.17) is 17.2 Å². The van der Waals surface area contributed by atoms with Crippen LogP contribution in [0.1, 0.15) is 52.7 Å². The van der Waals surface area contributed by atoms with E-state index in [0.717, 1.165) is 0 Å². The molecule has 0 heterocycles. The van der Waals surface area contributed by atoms with Crippen LogP contribution in [-0.4, -0.2) is 5.49 Å². The average Bonchev–Trinajstić information content (AvgIpc) is 3.25. The first-order chi connectivity index (χ1) is 12.8. The van der Waals surface area contributed by atoms with Crippen LogP contribution in [0.2, 0.25) is 13.1 Å². The minimum absolute atomic E-state index is 0.208. The Morgan fingerprint density at radius 2 is 1.43 bits per heavy atom. The molecular formula is C24H34Cl2HfSi-2. The van der Waals surface area contributed by atoms with E-state index in [9.17, 15) is 0 Å². The number of hydrogen-bond donors (Lipinski definition) is 0. The fourth-order valence-corrected chi connectivity index (χ4v) is 2.68. The molecule has 0 aliphatic carbocycles. The Balaban J connectivity index is 0.000000229. The summed E-state index contributed by atoms with van der Waals surface area (Å²) in [6, 6.07) is 21.5. The molecule has 0 aliphatic rings. The van der Waals surface area contributed by atoms with E-state index in [-0.39, 0.29) is 10.9 Å². The number of fused-ring (bicyclic) bond motifs is 1. The van der Waals surface area contributed by atoms with Crippen LogP contribution in [0.3, 0.4) is 0 Å². The van der Waals surface area contributed by atoms with Gasteiger partial charge in [-0.3, -0.25) is 0 Å². The van der Waals surface area contributed by atoms with Crippen molar-refractivity contribution < 1.29 is 17.7 Å². The molecule has 0 unspecified atom stereocenters. The van der Waals surface area contributed by atoms with E-state index in [1.54, 1.807) is 0 Å². The van der Waals surface area contributed by atoms with Crippen molar-refractivity contribution in [2.45, 2.75) is 65.5 Å². The zero-order chi connectivity index (χ0) is 21.5. The summed E-state index contributed by atoms with van der Waals surface area (Å²) >= 11 is -1.78. The fourth-order valence-electron chi connectivity index (χ4n) is 2.68. The summed E-state index contributed by atoms with van der Waals surface area (Å²) in [4.78, 5) is 0. The van der Waals surface area contributed by atoms with Gasteiger partial charge in [0, 0.05) is 0 Å². The molecule has 3 aromatic carbocycles. The first kappa shape index (κ1) is 25.9. The molecule has 0 bridgehead atoms. The van der Waals surface area contributed by atoms with Crippen molar-refractivity contribution in [2.75, 3.05) is 0 Å². The van der Waals surface area contributed by atoms with Crippen molar-refractivity contribution in [3.05, 3.63) is 71.8 Å². The summed E-state index contributed by atoms with van der Waals surface area (Å²) in [6.45, 7) is 17.8. The Labute approximate surface area is 187 Å². The van der Waals surface area contributed by atoms with Gasteiger partial charge in [-0.1, -0.05) is 58.4 Å². The maximum absolute atomic E-state index is 5.64. The van der Waals surface area contributed by atoms with Crippen LogP contribution < -0.4 is 0 Å². The second-order valence-corrected chi connectivity index (χ2v) is 41.0. The molecule has 0 aliphatic heterocycles. The van der Waals surface area contributed by atoms with Gasteiger partial charge in [-0.15, -0.1) is 46.7 Å². The first-order valence-electron chi connectivity index (χ1n) is 9.69. The number of halogens is 2. The number of benzene rings is 1. The molecule has 0 saturated carbocycles. The molecular weight excluding hydrogens is 566 g/mol. The van der Waals surface area contributed by atoms with Crippen molar-refractivity contribution in [1.29, 1.82) is 0 Å². The van der Waals surface area contributed by atoms with Gasteiger partial charge in [0.05, 0.1) is 0 Å². The normalized spacial score (nSPS) is 11.2. The molecule has 154 valence electrons. The van der Waals surface area contributed by atoms with Gasteiger partial charge in [0.2, 0.25) is 0 Å². The Hall–Kier alpha value is -0.153. The van der Waals surface area contributed by atoms with E-state index in [2.05, 4.69) is 115 Å². The zero-order valence-electron chi connectivity index (χ0n) is 18.5. The average molecular weight is 600 g/mol. The third-order valence-electron chi connectivity index (χ3n) is 4.40. The van der Waals surface area contributed by atoms with Gasteiger partial charge in [-0.2, -0.15) is 23.8 Å². The van der Waals surface area contributed by atoms with E-state index < -0.39 is 17.7 Å². The SMILES string of the molecule is CC(C)(C)c1c[cH-]c2ccccc12.CC(C)(C)c1cc[cH-]c1.C[Si](C)=[Hf]([Cl])[Cl]. The zero-order valence-corrected chi connectivity index (χ0v) is 24.6. The Morgan fingerprint density at radius 1 is 0.857 bits per heavy atom. The molecule has 0 fully saturated rings. The van der Waals surface area contributed by atoms with Gasteiger partial charge in [0.25, 0.3) is 0 Å². The summed E-state index contributed by atoms with van der Waals surface area (Å²) in [6.07, 6.45) is 0. The van der Waals surface area contributed by atoms with Crippen LogP contribution >= 0.6 is 17.2 Å². The van der Waals surface area contributed by atoms with E-state index in [1.807, 2.05) is 0 Å². The van der Waals surface area contributed by atoms with Crippen molar-refractivity contribution >= 4 is 33.4 Å². The van der Waals surface area contributed by atoms with Gasteiger partial charge in [0.15, 0.2) is 0 Å². The summed E-state index contributed by atoms with van der Waals surface area (Å²) < 4.78 is 0. The van der Waals surface area contributed by atoms with Crippen molar-refractivity contribution in [1.82, 2.24) is 0 Å². The van der Waals surface area contributed by atoms with Gasteiger partial charge >= 0.3 is 53.4 Å². The second kappa shape index (κ2) is 11.3. The standard InChI is InChI=1S/C13H15.C9H13.C2H6Si.2ClH.Hf/c1-13(2,3)12-9-8-10-6-4-5-7-11(10)12;1-9(2,3)8-6-4-5-7-8;1-3-2;;;/h4-9H,1-3H3;4-7H,1-3H3;1-2H3;2*1H;/q2*-1;;;;+2/p-2. The fraction of sp³-hybridized carbons (Fsp3) is 0.417. The van der Waals surface area contributed by atoms with Gasteiger partial charge < -0.3 is 0 Å². The van der Waals surface area contributed by atoms with Gasteiger partial charge in [-0.25, -0.2) is 6.07 Å². The summed E-state index contributed by atoms with van der Waals surface area (Å²) in [5, 5.41) is 2.75. The molecule has 0 spiro atoms. The monoisotopic (exact) mass is 600 g/mol. The molecule has 0 N–H and O–H groups in total. The summed E-state index contributed by atoms with van der Waals surface area (Å²) in [5.41, 5.74) is 3.23. The van der Waals surface area contributed by atoms with E-state index in [1.165, 1.54) is 21.9 Å². The van der Waals surface area contributed by atoms with Crippen LogP contribution in [0, 0.1) is 0 Å². The first-order valence-corrected chi connectivity index (χ1v) is 26.5. The number of rotatable bonds is 0. The van der Waals surface area contributed by atoms with Crippen LogP contribution in [0.5, 0.6) is 0 Å². The Bertz CT molecular complexity index is 857. The summed E-state index contributed by atoms with van der Waals surface area (Å²) in [5.74, 6) is 0. The molecule has 0 aromatic heterocycles. The topological polar surface area (TPSA) is 0 Å². The predicted octanol–water partition coefficient (Wildman–Crippen LogP) is 8.72. The minimum atomic E-state index is -1.78. The molecule has 28 heavy (non-hydrogen) atoms. The third kappa shape index (κ3) is 8.69. The molecule has 0 amide bonds. The van der Waals surface area contributed by atoms with Crippen molar-refractivity contribution in [3.8, 4) is 0 Å².